The Bertz CT molecular complexity index is 333. The number of hydrogen-bond acceptors (Lipinski definition) is 3. The van der Waals surface area contributed by atoms with Gasteiger partial charge in [0.2, 0.25) is 0 Å². The Morgan fingerprint density at radius 3 is 2.53 bits per heavy atom. The molecule has 0 aromatic carbocycles. The van der Waals surface area contributed by atoms with E-state index in [9.17, 15) is 4.79 Å². The van der Waals surface area contributed by atoms with E-state index >= 15 is 0 Å². The number of aromatic nitrogens is 3. The minimum absolute atomic E-state index is 0.122. The molecule has 1 rings (SSSR count). The second kappa shape index (κ2) is 4.77. The van der Waals surface area contributed by atoms with Gasteiger partial charge in [-0.05, 0) is 20.8 Å². The number of amides is 2. The van der Waals surface area contributed by atoms with Crippen LogP contribution in [-0.4, -0.2) is 26.8 Å². The summed E-state index contributed by atoms with van der Waals surface area (Å²) < 4.78 is 1.78. The predicted octanol–water partition coefficient (Wildman–Crippen LogP) is 0.584. The second-order valence-electron chi connectivity index (χ2n) is 3.79. The predicted molar refractivity (Wildman–Crippen MR) is 56.2 cm³/mol. The van der Waals surface area contributed by atoms with Crippen molar-refractivity contribution in [2.75, 3.05) is 0 Å². The Kier molecular flexibility index (Phi) is 3.65. The number of aryl methyl sites for hydroxylation is 1. The van der Waals surface area contributed by atoms with Gasteiger partial charge in [-0.15, -0.1) is 10.2 Å². The van der Waals surface area contributed by atoms with E-state index in [-0.39, 0.29) is 18.1 Å². The molecular formula is C9H17N5O. The number of hydrogen-bond donors (Lipinski definition) is 2. The zero-order valence-corrected chi connectivity index (χ0v) is 9.48. The molecule has 6 heteroatoms. The van der Waals surface area contributed by atoms with Gasteiger partial charge in [0.15, 0.2) is 5.82 Å². The Balaban J connectivity index is 2.53. The quantitative estimate of drug-likeness (QED) is 0.768. The summed E-state index contributed by atoms with van der Waals surface area (Å²) in [4.78, 5) is 11.4. The molecule has 0 saturated heterocycles. The fourth-order valence-electron chi connectivity index (χ4n) is 1.25. The van der Waals surface area contributed by atoms with Crippen LogP contribution in [0.3, 0.4) is 0 Å². The summed E-state index contributed by atoms with van der Waals surface area (Å²) >= 11 is 0. The third kappa shape index (κ3) is 3.23. The lowest BCUT2D eigenvalue weighted by molar-refractivity contribution is 0.235. The van der Waals surface area contributed by atoms with E-state index in [0.717, 1.165) is 5.82 Å². The Labute approximate surface area is 89.1 Å². The number of carbonyl (C=O) groups excluding carboxylic acids is 1. The third-order valence-corrected chi connectivity index (χ3v) is 1.90. The van der Waals surface area contributed by atoms with Crippen LogP contribution >= 0.6 is 0 Å². The Hall–Kier alpha value is -1.59. The summed E-state index contributed by atoms with van der Waals surface area (Å²) in [6.45, 7) is 5.68. The SMILES string of the molecule is CC(C)NC(=O)NC(C)c1nncn1C. The summed E-state index contributed by atoms with van der Waals surface area (Å²) in [7, 11) is 1.84. The molecule has 0 fully saturated rings. The molecule has 0 aliphatic rings. The molecule has 0 radical (unpaired) electrons. The lowest BCUT2D eigenvalue weighted by Gasteiger charge is -2.15. The van der Waals surface area contributed by atoms with Gasteiger partial charge in [-0.2, -0.15) is 0 Å². The van der Waals surface area contributed by atoms with Crippen LogP contribution in [0.15, 0.2) is 6.33 Å². The largest absolute Gasteiger partial charge is 0.336 e. The molecule has 2 amide bonds. The maximum absolute atomic E-state index is 11.4. The summed E-state index contributed by atoms with van der Waals surface area (Å²) in [5.74, 6) is 0.730. The van der Waals surface area contributed by atoms with E-state index in [1.807, 2.05) is 27.8 Å². The average Bonchev–Trinajstić information content (AvgIpc) is 2.49. The highest BCUT2D eigenvalue weighted by atomic mass is 16.2. The van der Waals surface area contributed by atoms with Crippen LogP contribution in [0, 0.1) is 0 Å². The highest BCUT2D eigenvalue weighted by Crippen LogP contribution is 2.06. The summed E-state index contributed by atoms with van der Waals surface area (Å²) in [5.41, 5.74) is 0. The summed E-state index contributed by atoms with van der Waals surface area (Å²) in [6, 6.07) is -0.228. The van der Waals surface area contributed by atoms with Crippen LogP contribution in [0.4, 0.5) is 4.79 Å². The summed E-state index contributed by atoms with van der Waals surface area (Å²) in [6.07, 6.45) is 1.61. The minimum Gasteiger partial charge on any atom is -0.336 e. The highest BCUT2D eigenvalue weighted by molar-refractivity contribution is 5.74. The highest BCUT2D eigenvalue weighted by Gasteiger charge is 2.13. The van der Waals surface area contributed by atoms with E-state index < -0.39 is 0 Å². The lowest BCUT2D eigenvalue weighted by Crippen LogP contribution is -2.41. The number of rotatable bonds is 3. The molecule has 1 unspecified atom stereocenters. The first-order valence-electron chi connectivity index (χ1n) is 4.91. The average molecular weight is 211 g/mol. The van der Waals surface area contributed by atoms with Gasteiger partial charge in [-0.3, -0.25) is 0 Å². The smallest absolute Gasteiger partial charge is 0.315 e. The summed E-state index contributed by atoms with van der Waals surface area (Å²) in [5, 5.41) is 13.2. The van der Waals surface area contributed by atoms with Gasteiger partial charge in [-0.25, -0.2) is 4.79 Å². The van der Waals surface area contributed by atoms with Crippen LogP contribution in [0.2, 0.25) is 0 Å². The maximum atomic E-state index is 11.4. The van der Waals surface area contributed by atoms with E-state index in [4.69, 9.17) is 0 Å². The topological polar surface area (TPSA) is 71.8 Å². The Morgan fingerprint density at radius 1 is 1.40 bits per heavy atom. The first-order valence-corrected chi connectivity index (χ1v) is 4.91. The van der Waals surface area contributed by atoms with Gasteiger partial charge in [-0.1, -0.05) is 0 Å². The van der Waals surface area contributed by atoms with Crippen molar-refractivity contribution in [3.05, 3.63) is 12.2 Å². The molecule has 1 aromatic rings. The van der Waals surface area contributed by atoms with Crippen molar-refractivity contribution in [2.45, 2.75) is 32.9 Å². The van der Waals surface area contributed by atoms with Gasteiger partial charge in [0.1, 0.15) is 6.33 Å². The van der Waals surface area contributed by atoms with Crippen LogP contribution in [-0.2, 0) is 7.05 Å². The third-order valence-electron chi connectivity index (χ3n) is 1.90. The van der Waals surface area contributed by atoms with Crippen molar-refractivity contribution in [2.24, 2.45) is 7.05 Å². The van der Waals surface area contributed by atoms with E-state index in [0.29, 0.717) is 0 Å². The molecule has 84 valence electrons. The van der Waals surface area contributed by atoms with Gasteiger partial charge < -0.3 is 15.2 Å². The molecule has 2 N–H and O–H groups in total. The van der Waals surface area contributed by atoms with Crippen LogP contribution in [0.25, 0.3) is 0 Å². The number of urea groups is 1. The van der Waals surface area contributed by atoms with Gasteiger partial charge in [0.25, 0.3) is 0 Å². The molecule has 6 nitrogen and oxygen atoms in total. The molecule has 1 atom stereocenters. The molecule has 0 bridgehead atoms. The number of carbonyl (C=O) groups is 1. The van der Waals surface area contributed by atoms with Gasteiger partial charge in [0, 0.05) is 13.1 Å². The minimum atomic E-state index is -0.194. The van der Waals surface area contributed by atoms with Crippen molar-refractivity contribution in [1.82, 2.24) is 25.4 Å². The number of nitrogens with zero attached hydrogens (tertiary/aromatic N) is 3. The standard InChI is InChI=1S/C9H17N5O/c1-6(2)11-9(15)12-7(3)8-13-10-5-14(8)4/h5-7H,1-4H3,(H2,11,12,15). The molecule has 15 heavy (non-hydrogen) atoms. The van der Waals surface area contributed by atoms with Crippen molar-refractivity contribution >= 4 is 6.03 Å². The Morgan fingerprint density at radius 2 is 2.07 bits per heavy atom. The molecule has 0 spiro atoms. The van der Waals surface area contributed by atoms with Crippen molar-refractivity contribution in [1.29, 1.82) is 0 Å². The van der Waals surface area contributed by atoms with Gasteiger partial charge >= 0.3 is 6.03 Å². The lowest BCUT2D eigenvalue weighted by atomic mass is 10.3. The molecule has 0 aliphatic carbocycles. The fraction of sp³-hybridized carbons (Fsp3) is 0.667. The number of nitrogens with one attached hydrogen (secondary N) is 2. The molecule has 0 aliphatic heterocycles. The van der Waals surface area contributed by atoms with E-state index in [1.165, 1.54) is 0 Å². The first kappa shape index (κ1) is 11.5. The zero-order valence-electron chi connectivity index (χ0n) is 9.48. The van der Waals surface area contributed by atoms with Crippen LogP contribution in [0.5, 0.6) is 0 Å². The molecule has 1 heterocycles. The second-order valence-corrected chi connectivity index (χ2v) is 3.79. The molecule has 0 saturated carbocycles. The van der Waals surface area contributed by atoms with Crippen molar-refractivity contribution in [3.63, 3.8) is 0 Å². The van der Waals surface area contributed by atoms with Crippen LogP contribution < -0.4 is 10.6 Å². The van der Waals surface area contributed by atoms with E-state index in [1.54, 1.807) is 10.9 Å². The fourth-order valence-corrected chi connectivity index (χ4v) is 1.25. The first-order chi connectivity index (χ1) is 7.00. The zero-order chi connectivity index (χ0) is 11.4. The maximum Gasteiger partial charge on any atom is 0.315 e. The molecule has 1 aromatic heterocycles. The van der Waals surface area contributed by atoms with Crippen molar-refractivity contribution in [3.8, 4) is 0 Å². The van der Waals surface area contributed by atoms with Crippen molar-refractivity contribution < 1.29 is 4.79 Å². The molecular weight excluding hydrogens is 194 g/mol. The normalized spacial score (nSPS) is 12.6. The van der Waals surface area contributed by atoms with Gasteiger partial charge in [0.05, 0.1) is 6.04 Å². The van der Waals surface area contributed by atoms with Crippen LogP contribution in [0.1, 0.15) is 32.6 Å². The monoisotopic (exact) mass is 211 g/mol. The van der Waals surface area contributed by atoms with E-state index in [2.05, 4.69) is 20.8 Å².